The monoisotopic (exact) mass is 349 g/mol. The van der Waals surface area contributed by atoms with Gasteiger partial charge in [-0.25, -0.2) is 9.37 Å². The van der Waals surface area contributed by atoms with Crippen molar-refractivity contribution in [2.75, 3.05) is 18.4 Å². The van der Waals surface area contributed by atoms with Gasteiger partial charge in [0.2, 0.25) is 0 Å². The van der Waals surface area contributed by atoms with Gasteiger partial charge < -0.3 is 10.6 Å². The van der Waals surface area contributed by atoms with Gasteiger partial charge in [0.1, 0.15) is 0 Å². The van der Waals surface area contributed by atoms with Crippen molar-refractivity contribution in [3.05, 3.63) is 59.7 Å². The molecule has 1 unspecified atom stereocenters. The van der Waals surface area contributed by atoms with Crippen LogP contribution in [0.1, 0.15) is 28.9 Å². The number of carbonyl (C=O) groups excluding carboxylic acids is 1. The van der Waals surface area contributed by atoms with E-state index in [2.05, 4.69) is 15.6 Å². The summed E-state index contributed by atoms with van der Waals surface area (Å²) in [6, 6.07) is 10.4. The number of nitrogens with zero attached hydrogens (tertiary/aromatic N) is 1. The molecule has 1 fully saturated rings. The minimum atomic E-state index is -0.619. The van der Waals surface area contributed by atoms with Crippen LogP contribution in [-0.4, -0.2) is 24.0 Å². The molecule has 1 aliphatic rings. The molecule has 128 valence electrons. The van der Waals surface area contributed by atoms with Gasteiger partial charge in [-0.15, -0.1) is 12.4 Å². The molecule has 4 nitrogen and oxygen atoms in total. The van der Waals surface area contributed by atoms with E-state index >= 15 is 0 Å². The number of halogens is 2. The van der Waals surface area contributed by atoms with E-state index in [0.29, 0.717) is 5.69 Å². The standard InChI is InChI=1S/C18H20FN3O.ClH/c19-16-2-1-10-21-17(16)18(23)22-15-7-5-13(6-8-15)3-4-14-9-11-20-12-14;/h1-2,5-8,10,14,20H,3-4,9,11-12H2,(H,22,23);1H. The lowest BCUT2D eigenvalue weighted by Gasteiger charge is -2.09. The fourth-order valence-corrected chi connectivity index (χ4v) is 2.83. The zero-order valence-corrected chi connectivity index (χ0v) is 14.1. The predicted molar refractivity (Wildman–Crippen MR) is 95.1 cm³/mol. The van der Waals surface area contributed by atoms with Gasteiger partial charge in [-0.2, -0.15) is 0 Å². The average molecular weight is 350 g/mol. The summed E-state index contributed by atoms with van der Waals surface area (Å²) in [7, 11) is 0. The van der Waals surface area contributed by atoms with E-state index in [-0.39, 0.29) is 18.1 Å². The maximum atomic E-state index is 13.5. The lowest BCUT2D eigenvalue weighted by Crippen LogP contribution is -2.15. The Kier molecular flexibility index (Phi) is 6.70. The van der Waals surface area contributed by atoms with E-state index in [1.807, 2.05) is 24.3 Å². The molecule has 0 radical (unpaired) electrons. The van der Waals surface area contributed by atoms with Gasteiger partial charge in [0.25, 0.3) is 5.91 Å². The molecular weight excluding hydrogens is 329 g/mol. The quantitative estimate of drug-likeness (QED) is 0.869. The van der Waals surface area contributed by atoms with Gasteiger partial charge in [0, 0.05) is 11.9 Å². The molecule has 0 spiro atoms. The van der Waals surface area contributed by atoms with Gasteiger partial charge in [-0.3, -0.25) is 4.79 Å². The first-order chi connectivity index (χ1) is 11.2. The number of pyridine rings is 1. The number of anilines is 1. The smallest absolute Gasteiger partial charge is 0.277 e. The molecule has 2 aromatic rings. The van der Waals surface area contributed by atoms with Crippen LogP contribution < -0.4 is 10.6 Å². The van der Waals surface area contributed by atoms with Gasteiger partial charge in [-0.1, -0.05) is 12.1 Å². The van der Waals surface area contributed by atoms with Crippen LogP contribution in [0.2, 0.25) is 0 Å². The fourth-order valence-electron chi connectivity index (χ4n) is 2.83. The Morgan fingerprint density at radius 3 is 2.75 bits per heavy atom. The second-order valence-corrected chi connectivity index (χ2v) is 5.88. The number of benzene rings is 1. The van der Waals surface area contributed by atoms with Crippen LogP contribution in [-0.2, 0) is 6.42 Å². The average Bonchev–Trinajstić information content (AvgIpc) is 3.08. The topological polar surface area (TPSA) is 54.0 Å². The zero-order chi connectivity index (χ0) is 16.1. The second-order valence-electron chi connectivity index (χ2n) is 5.88. The third-order valence-electron chi connectivity index (χ3n) is 4.19. The molecule has 0 bridgehead atoms. The van der Waals surface area contributed by atoms with Crippen molar-refractivity contribution in [2.45, 2.75) is 19.3 Å². The summed E-state index contributed by atoms with van der Waals surface area (Å²) < 4.78 is 13.5. The van der Waals surface area contributed by atoms with Crippen molar-refractivity contribution < 1.29 is 9.18 Å². The predicted octanol–water partition coefficient (Wildman–Crippen LogP) is 3.44. The van der Waals surface area contributed by atoms with Crippen LogP contribution in [0.3, 0.4) is 0 Å². The molecule has 0 aliphatic carbocycles. The SMILES string of the molecule is Cl.O=C(Nc1ccc(CCC2CCNC2)cc1)c1ncccc1F. The Balaban J connectivity index is 0.00000208. The van der Waals surface area contributed by atoms with Gasteiger partial charge in [-0.05, 0) is 68.1 Å². The number of nitrogens with one attached hydrogen (secondary N) is 2. The summed E-state index contributed by atoms with van der Waals surface area (Å²) in [6.45, 7) is 2.24. The van der Waals surface area contributed by atoms with Crippen molar-refractivity contribution in [1.29, 1.82) is 0 Å². The molecule has 1 amide bonds. The largest absolute Gasteiger partial charge is 0.321 e. The molecule has 1 aromatic heterocycles. The molecule has 1 atom stereocenters. The number of carbonyl (C=O) groups is 1. The zero-order valence-electron chi connectivity index (χ0n) is 13.3. The maximum Gasteiger partial charge on any atom is 0.277 e. The summed E-state index contributed by atoms with van der Waals surface area (Å²) >= 11 is 0. The molecule has 2 N–H and O–H groups in total. The summed E-state index contributed by atoms with van der Waals surface area (Å²) in [6.07, 6.45) is 4.87. The first-order valence-corrected chi connectivity index (χ1v) is 7.94. The molecule has 6 heteroatoms. The Morgan fingerprint density at radius 1 is 1.29 bits per heavy atom. The summed E-state index contributed by atoms with van der Waals surface area (Å²) in [5.41, 5.74) is 1.70. The number of aromatic nitrogens is 1. The second kappa shape index (κ2) is 8.76. The Hall–Kier alpha value is -1.98. The lowest BCUT2D eigenvalue weighted by molar-refractivity contribution is 0.101. The molecule has 1 aliphatic heterocycles. The molecule has 0 saturated carbocycles. The Labute approximate surface area is 147 Å². The van der Waals surface area contributed by atoms with Crippen molar-refractivity contribution in [1.82, 2.24) is 10.3 Å². The Morgan fingerprint density at radius 2 is 2.08 bits per heavy atom. The van der Waals surface area contributed by atoms with Gasteiger partial charge in [0.15, 0.2) is 11.5 Å². The van der Waals surface area contributed by atoms with Gasteiger partial charge in [0.05, 0.1) is 0 Å². The highest BCUT2D eigenvalue weighted by Gasteiger charge is 2.14. The van der Waals surface area contributed by atoms with E-state index < -0.39 is 11.7 Å². The fraction of sp³-hybridized carbons (Fsp3) is 0.333. The van der Waals surface area contributed by atoms with Crippen LogP contribution in [0.25, 0.3) is 0 Å². The molecule has 3 rings (SSSR count). The van der Waals surface area contributed by atoms with Crippen LogP contribution in [0.15, 0.2) is 42.6 Å². The highest BCUT2D eigenvalue weighted by molar-refractivity contribution is 6.02. The number of hydrogen-bond donors (Lipinski definition) is 2. The number of amides is 1. The first kappa shape index (κ1) is 18.4. The molecule has 1 aromatic carbocycles. The van der Waals surface area contributed by atoms with Crippen molar-refractivity contribution in [3.8, 4) is 0 Å². The molecule has 2 heterocycles. The van der Waals surface area contributed by atoms with E-state index in [4.69, 9.17) is 0 Å². The van der Waals surface area contributed by atoms with E-state index in [0.717, 1.165) is 25.4 Å². The summed E-state index contributed by atoms with van der Waals surface area (Å²) in [5, 5.41) is 6.05. The lowest BCUT2D eigenvalue weighted by atomic mass is 9.99. The van der Waals surface area contributed by atoms with Crippen LogP contribution in [0.5, 0.6) is 0 Å². The van der Waals surface area contributed by atoms with E-state index in [1.54, 1.807) is 0 Å². The highest BCUT2D eigenvalue weighted by atomic mass is 35.5. The molecule has 24 heavy (non-hydrogen) atoms. The Bertz CT molecular complexity index is 672. The maximum absolute atomic E-state index is 13.5. The number of hydrogen-bond acceptors (Lipinski definition) is 3. The van der Waals surface area contributed by atoms with Crippen molar-refractivity contribution in [2.24, 2.45) is 5.92 Å². The van der Waals surface area contributed by atoms with E-state index in [9.17, 15) is 9.18 Å². The first-order valence-electron chi connectivity index (χ1n) is 7.94. The van der Waals surface area contributed by atoms with Crippen LogP contribution >= 0.6 is 12.4 Å². The molecular formula is C18H21ClFN3O. The minimum Gasteiger partial charge on any atom is -0.321 e. The molecule has 1 saturated heterocycles. The third kappa shape index (κ3) is 4.76. The highest BCUT2D eigenvalue weighted by Crippen LogP contribution is 2.18. The number of aryl methyl sites for hydroxylation is 1. The van der Waals surface area contributed by atoms with Gasteiger partial charge >= 0.3 is 0 Å². The minimum absolute atomic E-state index is 0. The number of rotatable bonds is 5. The summed E-state index contributed by atoms with van der Waals surface area (Å²) in [4.78, 5) is 15.8. The van der Waals surface area contributed by atoms with Crippen molar-refractivity contribution in [3.63, 3.8) is 0 Å². The third-order valence-corrected chi connectivity index (χ3v) is 4.19. The summed E-state index contributed by atoms with van der Waals surface area (Å²) in [5.74, 6) is -0.388. The normalized spacial score (nSPS) is 16.5. The van der Waals surface area contributed by atoms with Crippen molar-refractivity contribution >= 4 is 24.0 Å². The van der Waals surface area contributed by atoms with Crippen LogP contribution in [0.4, 0.5) is 10.1 Å². The van der Waals surface area contributed by atoms with Crippen LogP contribution in [0, 0.1) is 11.7 Å². The van der Waals surface area contributed by atoms with E-state index in [1.165, 1.54) is 36.7 Å².